The zero-order chi connectivity index (χ0) is 18.7. The van der Waals surface area contributed by atoms with Crippen LogP contribution in [-0.4, -0.2) is 10.9 Å². The monoisotopic (exact) mass is 355 g/mol. The Morgan fingerprint density at radius 3 is 2.54 bits per heavy atom. The Balaban J connectivity index is 1.77. The fraction of sp³-hybridized carbons (Fsp3) is 0.0526. The summed E-state index contributed by atoms with van der Waals surface area (Å²) in [5, 5.41) is 2.66. The van der Waals surface area contributed by atoms with Crippen molar-refractivity contribution < 1.29 is 18.3 Å². The van der Waals surface area contributed by atoms with Gasteiger partial charge in [0.2, 0.25) is 5.95 Å². The second kappa shape index (κ2) is 7.18. The van der Waals surface area contributed by atoms with Gasteiger partial charge in [-0.3, -0.25) is 4.79 Å². The van der Waals surface area contributed by atoms with E-state index in [1.54, 1.807) is 24.3 Å². The number of carbonyl (C=O) groups is 1. The fourth-order valence-corrected chi connectivity index (χ4v) is 2.26. The predicted molar refractivity (Wildman–Crippen MR) is 94.2 cm³/mol. The summed E-state index contributed by atoms with van der Waals surface area (Å²) in [5.74, 6) is -0.873. The number of halogens is 2. The third-order valence-corrected chi connectivity index (χ3v) is 3.57. The number of nitrogens with two attached hydrogens (primary N) is 1. The van der Waals surface area contributed by atoms with Crippen LogP contribution in [0.1, 0.15) is 15.9 Å². The number of aryl methyl sites for hydroxylation is 1. The molecular weight excluding hydrogens is 340 g/mol. The van der Waals surface area contributed by atoms with E-state index >= 15 is 0 Å². The van der Waals surface area contributed by atoms with Crippen molar-refractivity contribution in [3.63, 3.8) is 0 Å². The molecule has 0 saturated heterocycles. The molecule has 0 saturated carbocycles. The number of hydrogen-bond acceptors (Lipinski definition) is 4. The summed E-state index contributed by atoms with van der Waals surface area (Å²) in [7, 11) is 0. The number of hydrogen-bond donors (Lipinski definition) is 2. The average Bonchev–Trinajstić information content (AvgIpc) is 2.60. The van der Waals surface area contributed by atoms with Gasteiger partial charge in [-0.2, -0.15) is 4.39 Å². The lowest BCUT2D eigenvalue weighted by Gasteiger charge is -2.10. The van der Waals surface area contributed by atoms with Gasteiger partial charge >= 0.3 is 0 Å². The molecular formula is C19H15F2N3O2. The van der Waals surface area contributed by atoms with E-state index in [1.165, 1.54) is 37.3 Å². The van der Waals surface area contributed by atoms with E-state index < -0.39 is 11.9 Å². The molecule has 1 heterocycles. The molecule has 26 heavy (non-hydrogen) atoms. The summed E-state index contributed by atoms with van der Waals surface area (Å²) in [6.45, 7) is 1.50. The number of amides is 1. The van der Waals surface area contributed by atoms with E-state index in [0.717, 1.165) is 0 Å². The molecule has 3 rings (SSSR count). The smallest absolute Gasteiger partial charge is 0.259 e. The molecule has 2 aromatic carbocycles. The molecule has 1 amide bonds. The van der Waals surface area contributed by atoms with Gasteiger partial charge in [0.05, 0.1) is 5.56 Å². The van der Waals surface area contributed by atoms with Gasteiger partial charge in [0.25, 0.3) is 5.91 Å². The number of anilines is 2. The van der Waals surface area contributed by atoms with Crippen LogP contribution in [0.15, 0.2) is 54.6 Å². The van der Waals surface area contributed by atoms with E-state index in [0.29, 0.717) is 17.2 Å². The summed E-state index contributed by atoms with van der Waals surface area (Å²) >= 11 is 0. The maximum atomic E-state index is 13.4. The van der Waals surface area contributed by atoms with E-state index in [4.69, 9.17) is 10.5 Å². The SMILES string of the molecule is Cc1cc(C(=O)Nc2cccc(Oc3ccc(F)cc3)c2)c(N)nc1F. The highest BCUT2D eigenvalue weighted by molar-refractivity contribution is 6.07. The lowest BCUT2D eigenvalue weighted by atomic mass is 10.1. The first kappa shape index (κ1) is 17.3. The molecule has 0 unspecified atom stereocenters. The van der Waals surface area contributed by atoms with Crippen molar-refractivity contribution in [1.82, 2.24) is 4.98 Å². The predicted octanol–water partition coefficient (Wildman–Crippen LogP) is 4.30. The molecule has 0 fully saturated rings. The van der Waals surface area contributed by atoms with Crippen LogP contribution < -0.4 is 15.8 Å². The highest BCUT2D eigenvalue weighted by Crippen LogP contribution is 2.25. The second-order valence-corrected chi connectivity index (χ2v) is 5.57. The Hall–Kier alpha value is -3.48. The number of aromatic nitrogens is 1. The largest absolute Gasteiger partial charge is 0.457 e. The van der Waals surface area contributed by atoms with Crippen molar-refractivity contribution in [3.8, 4) is 11.5 Å². The first-order valence-corrected chi connectivity index (χ1v) is 7.70. The van der Waals surface area contributed by atoms with Crippen LogP contribution in [0.25, 0.3) is 0 Å². The topological polar surface area (TPSA) is 77.2 Å². The molecule has 132 valence electrons. The Labute approximate surface area is 148 Å². The molecule has 0 atom stereocenters. The molecule has 0 bridgehead atoms. The summed E-state index contributed by atoms with van der Waals surface area (Å²) in [5.41, 5.74) is 6.37. The number of nitrogen functional groups attached to an aromatic ring is 1. The molecule has 7 heteroatoms. The summed E-state index contributed by atoms with van der Waals surface area (Å²) in [6, 6.07) is 13.5. The molecule has 3 N–H and O–H groups in total. The molecule has 0 aliphatic carbocycles. The number of benzene rings is 2. The highest BCUT2D eigenvalue weighted by Gasteiger charge is 2.14. The lowest BCUT2D eigenvalue weighted by molar-refractivity contribution is 0.102. The molecule has 3 aromatic rings. The van der Waals surface area contributed by atoms with E-state index in [1.807, 2.05) is 0 Å². The van der Waals surface area contributed by atoms with Crippen molar-refractivity contribution in [2.45, 2.75) is 6.92 Å². The van der Waals surface area contributed by atoms with Crippen LogP contribution in [-0.2, 0) is 0 Å². The van der Waals surface area contributed by atoms with Crippen LogP contribution in [0.5, 0.6) is 11.5 Å². The van der Waals surface area contributed by atoms with Crippen LogP contribution in [0.3, 0.4) is 0 Å². The second-order valence-electron chi connectivity index (χ2n) is 5.57. The highest BCUT2D eigenvalue weighted by atomic mass is 19.1. The normalized spacial score (nSPS) is 10.4. The van der Waals surface area contributed by atoms with Gasteiger partial charge in [-0.15, -0.1) is 0 Å². The summed E-state index contributed by atoms with van der Waals surface area (Å²) in [4.78, 5) is 15.9. The van der Waals surface area contributed by atoms with Gasteiger partial charge in [-0.25, -0.2) is 9.37 Å². The van der Waals surface area contributed by atoms with Crippen molar-refractivity contribution in [3.05, 3.63) is 77.5 Å². The van der Waals surface area contributed by atoms with Crippen LogP contribution in [0, 0.1) is 18.7 Å². The average molecular weight is 355 g/mol. The Bertz CT molecular complexity index is 959. The van der Waals surface area contributed by atoms with E-state index in [2.05, 4.69) is 10.3 Å². The van der Waals surface area contributed by atoms with Gasteiger partial charge < -0.3 is 15.8 Å². The molecule has 0 aliphatic heterocycles. The van der Waals surface area contributed by atoms with Gasteiger partial charge in [0.15, 0.2) is 0 Å². The van der Waals surface area contributed by atoms with Gasteiger partial charge in [-0.1, -0.05) is 6.07 Å². The molecule has 0 radical (unpaired) electrons. The number of nitrogens with one attached hydrogen (secondary N) is 1. The first-order chi connectivity index (χ1) is 12.4. The zero-order valence-electron chi connectivity index (χ0n) is 13.8. The lowest BCUT2D eigenvalue weighted by Crippen LogP contribution is -2.16. The minimum absolute atomic E-state index is 0.0776. The Kier molecular flexibility index (Phi) is 4.79. The van der Waals surface area contributed by atoms with Crippen molar-refractivity contribution in [2.75, 3.05) is 11.1 Å². The zero-order valence-corrected chi connectivity index (χ0v) is 13.8. The Morgan fingerprint density at radius 2 is 1.81 bits per heavy atom. The first-order valence-electron chi connectivity index (χ1n) is 7.70. The van der Waals surface area contributed by atoms with Gasteiger partial charge in [0.1, 0.15) is 23.1 Å². The maximum absolute atomic E-state index is 13.4. The van der Waals surface area contributed by atoms with Gasteiger partial charge in [-0.05, 0) is 49.4 Å². The van der Waals surface area contributed by atoms with Gasteiger partial charge in [0, 0.05) is 17.3 Å². The third kappa shape index (κ3) is 3.94. The maximum Gasteiger partial charge on any atom is 0.259 e. The van der Waals surface area contributed by atoms with Crippen molar-refractivity contribution >= 4 is 17.4 Å². The van der Waals surface area contributed by atoms with E-state index in [9.17, 15) is 13.6 Å². The number of carbonyl (C=O) groups excluding carboxylic acids is 1. The number of rotatable bonds is 4. The third-order valence-electron chi connectivity index (χ3n) is 3.57. The molecule has 5 nitrogen and oxygen atoms in total. The number of nitrogens with zero attached hydrogens (tertiary/aromatic N) is 1. The fourth-order valence-electron chi connectivity index (χ4n) is 2.26. The molecule has 1 aromatic heterocycles. The van der Waals surface area contributed by atoms with Crippen molar-refractivity contribution in [2.24, 2.45) is 0 Å². The summed E-state index contributed by atoms with van der Waals surface area (Å²) < 4.78 is 31.9. The van der Waals surface area contributed by atoms with Crippen LogP contribution in [0.2, 0.25) is 0 Å². The van der Waals surface area contributed by atoms with E-state index in [-0.39, 0.29) is 22.8 Å². The Morgan fingerprint density at radius 1 is 1.08 bits per heavy atom. The van der Waals surface area contributed by atoms with Crippen LogP contribution in [0.4, 0.5) is 20.3 Å². The summed E-state index contributed by atoms with van der Waals surface area (Å²) in [6.07, 6.45) is 0. The minimum Gasteiger partial charge on any atom is -0.457 e. The molecule has 0 aliphatic rings. The minimum atomic E-state index is -0.714. The standard InChI is InChI=1S/C19H15F2N3O2/c1-11-9-16(18(22)24-17(11)21)19(25)23-13-3-2-4-15(10-13)26-14-7-5-12(20)6-8-14/h2-10H,1H3,(H2,22,24)(H,23,25). The van der Waals surface area contributed by atoms with Crippen LogP contribution >= 0.6 is 0 Å². The number of pyridine rings is 1. The number of ether oxygens (including phenoxy) is 1. The quantitative estimate of drug-likeness (QED) is 0.684. The van der Waals surface area contributed by atoms with Crippen molar-refractivity contribution in [1.29, 1.82) is 0 Å². The molecule has 0 spiro atoms.